The summed E-state index contributed by atoms with van der Waals surface area (Å²) in [5.74, 6) is 1.53. The lowest BCUT2D eigenvalue weighted by molar-refractivity contribution is -0.216. The van der Waals surface area contributed by atoms with Gasteiger partial charge in [-0.3, -0.25) is 0 Å². The quantitative estimate of drug-likeness (QED) is 0.590. The van der Waals surface area contributed by atoms with Gasteiger partial charge in [0, 0.05) is 0 Å². The van der Waals surface area contributed by atoms with E-state index in [-0.39, 0.29) is 29.3 Å². The molecule has 160 valence electrons. The second-order valence-corrected chi connectivity index (χ2v) is 10.6. The Morgan fingerprint density at radius 3 is 2.57 bits per heavy atom. The van der Waals surface area contributed by atoms with E-state index < -0.39 is 12.3 Å². The third-order valence-corrected chi connectivity index (χ3v) is 9.40. The number of hydrogen-bond donors (Lipinski definition) is 2. The molecule has 8 atom stereocenters. The Morgan fingerprint density at radius 2 is 1.86 bits per heavy atom. The summed E-state index contributed by atoms with van der Waals surface area (Å²) in [6.45, 7) is 4.59. The molecule has 5 heteroatoms. The molecule has 0 amide bonds. The highest BCUT2D eigenvalue weighted by molar-refractivity contribution is 5.25. The largest absolute Gasteiger partial charge is 0.414 e. The number of halogens is 3. The molecule has 2 nitrogen and oxygen atoms in total. The maximum Gasteiger partial charge on any atom is 0.414 e. The van der Waals surface area contributed by atoms with Crippen LogP contribution in [0.5, 0.6) is 0 Å². The van der Waals surface area contributed by atoms with Gasteiger partial charge in [-0.1, -0.05) is 31.9 Å². The number of alkyl halides is 3. The van der Waals surface area contributed by atoms with Crippen LogP contribution in [0.4, 0.5) is 13.2 Å². The van der Waals surface area contributed by atoms with Gasteiger partial charge in [0.15, 0.2) is 0 Å². The molecule has 0 bridgehead atoms. The van der Waals surface area contributed by atoms with Gasteiger partial charge in [0.1, 0.15) is 6.10 Å². The van der Waals surface area contributed by atoms with Gasteiger partial charge in [-0.2, -0.15) is 13.2 Å². The van der Waals surface area contributed by atoms with Crippen molar-refractivity contribution in [1.29, 1.82) is 0 Å². The van der Waals surface area contributed by atoms with Gasteiger partial charge in [-0.05, 0) is 92.3 Å². The first kappa shape index (κ1) is 20.7. The fraction of sp³-hybridized carbons (Fsp3) is 0.913. The minimum absolute atomic E-state index is 0.0461. The SMILES string of the molecule is CC12CCC(O)CC1=CC[C@@H]1C2CC[C@@]2(C)C1CCC[C@@H]2CC(O)C(F)(F)F. The summed E-state index contributed by atoms with van der Waals surface area (Å²) in [5.41, 5.74) is 1.49. The van der Waals surface area contributed by atoms with Crippen LogP contribution in [0.3, 0.4) is 0 Å². The Morgan fingerprint density at radius 1 is 1.11 bits per heavy atom. The predicted molar refractivity (Wildman–Crippen MR) is 102 cm³/mol. The number of rotatable bonds is 2. The van der Waals surface area contributed by atoms with E-state index >= 15 is 0 Å². The average Bonchev–Trinajstić information content (AvgIpc) is 2.62. The predicted octanol–water partition coefficient (Wildman–Crippen LogP) is 5.63. The van der Waals surface area contributed by atoms with Crippen LogP contribution in [0.15, 0.2) is 11.6 Å². The van der Waals surface area contributed by atoms with E-state index in [1.807, 2.05) is 0 Å². The van der Waals surface area contributed by atoms with Crippen LogP contribution >= 0.6 is 0 Å². The van der Waals surface area contributed by atoms with Crippen molar-refractivity contribution in [2.75, 3.05) is 0 Å². The highest BCUT2D eigenvalue weighted by Gasteiger charge is 2.58. The summed E-state index contributed by atoms with van der Waals surface area (Å²) in [7, 11) is 0. The summed E-state index contributed by atoms with van der Waals surface area (Å²) in [5, 5.41) is 19.9. The molecule has 4 aliphatic carbocycles. The fourth-order valence-electron chi connectivity index (χ4n) is 7.74. The van der Waals surface area contributed by atoms with Gasteiger partial charge in [0.2, 0.25) is 0 Å². The van der Waals surface area contributed by atoms with Crippen LogP contribution in [0.2, 0.25) is 0 Å². The van der Waals surface area contributed by atoms with Gasteiger partial charge in [-0.25, -0.2) is 0 Å². The van der Waals surface area contributed by atoms with Crippen LogP contribution in [0.25, 0.3) is 0 Å². The molecule has 5 unspecified atom stereocenters. The maximum atomic E-state index is 13.0. The molecule has 3 saturated carbocycles. The lowest BCUT2D eigenvalue weighted by atomic mass is 9.43. The zero-order valence-corrected chi connectivity index (χ0v) is 17.1. The molecule has 0 aromatic heterocycles. The smallest absolute Gasteiger partial charge is 0.393 e. The number of hydrogen-bond acceptors (Lipinski definition) is 2. The van der Waals surface area contributed by atoms with Crippen molar-refractivity contribution in [2.45, 2.75) is 96.4 Å². The summed E-state index contributed by atoms with van der Waals surface area (Å²) in [6.07, 6.45) is 3.93. The first-order chi connectivity index (χ1) is 13.1. The van der Waals surface area contributed by atoms with E-state index in [0.29, 0.717) is 17.8 Å². The van der Waals surface area contributed by atoms with Crippen LogP contribution in [-0.4, -0.2) is 28.6 Å². The molecule has 4 rings (SSSR count). The van der Waals surface area contributed by atoms with Gasteiger partial charge >= 0.3 is 6.18 Å². The third-order valence-electron chi connectivity index (χ3n) is 9.40. The monoisotopic (exact) mass is 400 g/mol. The summed E-state index contributed by atoms with van der Waals surface area (Å²) < 4.78 is 39.0. The molecule has 2 N–H and O–H groups in total. The molecule has 0 aromatic carbocycles. The molecule has 3 fully saturated rings. The molecule has 4 aliphatic rings. The number of allylic oxidation sites excluding steroid dienone is 1. The molecular formula is C23H35F3O2. The second-order valence-electron chi connectivity index (χ2n) is 10.6. The van der Waals surface area contributed by atoms with E-state index in [0.717, 1.165) is 57.8 Å². The number of fused-ring (bicyclic) bond motifs is 5. The Bertz CT molecular complexity index is 630. The summed E-state index contributed by atoms with van der Waals surface area (Å²) >= 11 is 0. The van der Waals surface area contributed by atoms with Crippen LogP contribution < -0.4 is 0 Å². The van der Waals surface area contributed by atoms with Crippen LogP contribution in [-0.2, 0) is 0 Å². The maximum absolute atomic E-state index is 13.0. The number of aliphatic hydroxyl groups is 2. The van der Waals surface area contributed by atoms with E-state index in [9.17, 15) is 23.4 Å². The molecule has 0 radical (unpaired) electrons. The molecule has 28 heavy (non-hydrogen) atoms. The third kappa shape index (κ3) is 3.25. The minimum Gasteiger partial charge on any atom is -0.393 e. The van der Waals surface area contributed by atoms with Crippen molar-refractivity contribution in [1.82, 2.24) is 0 Å². The zero-order chi connectivity index (χ0) is 20.3. The summed E-state index contributed by atoms with van der Waals surface area (Å²) in [6, 6.07) is 0. The van der Waals surface area contributed by atoms with Crippen LogP contribution in [0.1, 0.15) is 78.1 Å². The van der Waals surface area contributed by atoms with E-state index in [1.165, 1.54) is 5.57 Å². The highest BCUT2D eigenvalue weighted by Crippen LogP contribution is 2.65. The van der Waals surface area contributed by atoms with Gasteiger partial charge in [0.05, 0.1) is 6.10 Å². The Labute approximate surface area is 166 Å². The van der Waals surface area contributed by atoms with Crippen molar-refractivity contribution in [3.05, 3.63) is 11.6 Å². The lowest BCUT2D eigenvalue weighted by Crippen LogP contribution is -2.54. The van der Waals surface area contributed by atoms with E-state index in [4.69, 9.17) is 0 Å². The minimum atomic E-state index is -4.51. The van der Waals surface area contributed by atoms with E-state index in [2.05, 4.69) is 19.9 Å². The average molecular weight is 401 g/mol. The first-order valence-corrected chi connectivity index (χ1v) is 11.2. The molecule has 0 heterocycles. The molecule has 0 aromatic rings. The van der Waals surface area contributed by atoms with Crippen molar-refractivity contribution in [3.63, 3.8) is 0 Å². The van der Waals surface area contributed by atoms with Gasteiger partial charge in [-0.15, -0.1) is 0 Å². The first-order valence-electron chi connectivity index (χ1n) is 11.2. The number of aliphatic hydroxyl groups excluding tert-OH is 2. The topological polar surface area (TPSA) is 40.5 Å². The highest BCUT2D eigenvalue weighted by atomic mass is 19.4. The Kier molecular flexibility index (Phi) is 5.18. The molecule has 0 saturated heterocycles. The normalized spacial score (nSPS) is 47.4. The van der Waals surface area contributed by atoms with Crippen molar-refractivity contribution in [3.8, 4) is 0 Å². The van der Waals surface area contributed by atoms with Crippen molar-refractivity contribution in [2.24, 2.45) is 34.5 Å². The molecule has 0 spiro atoms. The van der Waals surface area contributed by atoms with Crippen LogP contribution in [0, 0.1) is 34.5 Å². The molecule has 0 aliphatic heterocycles. The second kappa shape index (κ2) is 7.01. The summed E-state index contributed by atoms with van der Waals surface area (Å²) in [4.78, 5) is 0. The fourth-order valence-corrected chi connectivity index (χ4v) is 7.74. The van der Waals surface area contributed by atoms with Crippen molar-refractivity contribution >= 4 is 0 Å². The van der Waals surface area contributed by atoms with Gasteiger partial charge in [0.25, 0.3) is 0 Å². The molecular weight excluding hydrogens is 365 g/mol. The zero-order valence-electron chi connectivity index (χ0n) is 17.1. The van der Waals surface area contributed by atoms with E-state index in [1.54, 1.807) is 0 Å². The lowest BCUT2D eigenvalue weighted by Gasteiger charge is -2.62. The Balaban J connectivity index is 1.58. The van der Waals surface area contributed by atoms with Gasteiger partial charge < -0.3 is 10.2 Å². The van der Waals surface area contributed by atoms with Crippen molar-refractivity contribution < 1.29 is 23.4 Å². The Hall–Kier alpha value is -0.550. The standard InChI is InChI=1S/C23H35F3O2/c1-21-10-8-16(27)12-15(21)6-7-17-18-5-3-4-14(13-20(28)23(24,25)26)22(18,2)11-9-19(17)21/h6,14,16-20,27-28H,3-5,7-13H2,1-2H3/t14-,16?,17+,18?,19?,20?,21?,22-/m1/s1.